The molecule has 4 nitrogen and oxygen atoms in total. The maximum absolute atomic E-state index is 13.3. The largest absolute Gasteiger partial charge is 0.358 e. The Kier molecular flexibility index (Phi) is 6.56. The maximum Gasteiger partial charge on any atom is 0.117 e. The first-order valence-corrected chi connectivity index (χ1v) is 11.5. The molecule has 6 heteroatoms. The zero-order valence-electron chi connectivity index (χ0n) is 15.2. The zero-order valence-corrected chi connectivity index (χ0v) is 16.0. The van der Waals surface area contributed by atoms with Gasteiger partial charge in [-0.15, -0.1) is 11.8 Å². The molecular weight excluding hydrogens is 337 g/mol. The summed E-state index contributed by atoms with van der Waals surface area (Å²) in [6.07, 6.45) is 10.3. The summed E-state index contributed by atoms with van der Waals surface area (Å²) >= 11 is 1.93. The molecule has 4 fully saturated rings. The molecule has 2 saturated heterocycles. The Balaban J connectivity index is 1.15. The van der Waals surface area contributed by atoms with Gasteiger partial charge in [-0.1, -0.05) is 19.3 Å². The number of thioether (sulfide) groups is 1. The summed E-state index contributed by atoms with van der Waals surface area (Å²) < 4.78 is 19.5. The molecule has 144 valence electrons. The van der Waals surface area contributed by atoms with E-state index in [0.29, 0.717) is 17.5 Å². The van der Waals surface area contributed by atoms with Gasteiger partial charge in [0.2, 0.25) is 0 Å². The molecule has 0 radical (unpaired) electrons. The molecule has 2 heterocycles. The number of nitrogens with one attached hydrogen (secondary N) is 3. The fourth-order valence-electron chi connectivity index (χ4n) is 5.06. The van der Waals surface area contributed by atoms with Crippen molar-refractivity contribution >= 4 is 11.8 Å². The van der Waals surface area contributed by atoms with Crippen LogP contribution < -0.4 is 16.0 Å². The van der Waals surface area contributed by atoms with Gasteiger partial charge >= 0.3 is 0 Å². The summed E-state index contributed by atoms with van der Waals surface area (Å²) in [7, 11) is 0. The average Bonchev–Trinajstić information content (AvgIpc) is 3.31. The molecule has 4 unspecified atom stereocenters. The molecule has 0 amide bonds. The van der Waals surface area contributed by atoms with Crippen molar-refractivity contribution in [3.63, 3.8) is 0 Å². The molecule has 0 bridgehead atoms. The van der Waals surface area contributed by atoms with Gasteiger partial charge in [-0.25, -0.2) is 4.39 Å². The molecule has 25 heavy (non-hydrogen) atoms. The third-order valence-corrected chi connectivity index (χ3v) is 7.77. The lowest BCUT2D eigenvalue weighted by atomic mass is 9.84. The van der Waals surface area contributed by atoms with E-state index in [2.05, 4.69) is 16.0 Å². The summed E-state index contributed by atoms with van der Waals surface area (Å²) in [5.74, 6) is 2.38. The van der Waals surface area contributed by atoms with Crippen LogP contribution in [0, 0.1) is 11.8 Å². The Hall–Kier alpha value is 0.120. The minimum Gasteiger partial charge on any atom is -0.358 e. The van der Waals surface area contributed by atoms with Crippen molar-refractivity contribution in [2.45, 2.75) is 87.8 Å². The molecule has 0 aromatic carbocycles. The van der Waals surface area contributed by atoms with E-state index in [1.165, 1.54) is 32.1 Å². The molecule has 0 aromatic rings. The monoisotopic (exact) mass is 371 g/mol. The molecule has 4 atom stereocenters. The highest BCUT2D eigenvalue weighted by molar-refractivity contribution is 7.99. The topological polar surface area (TPSA) is 45.3 Å². The van der Waals surface area contributed by atoms with Crippen molar-refractivity contribution in [2.24, 2.45) is 11.8 Å². The van der Waals surface area contributed by atoms with Crippen LogP contribution in [0.25, 0.3) is 0 Å². The van der Waals surface area contributed by atoms with Gasteiger partial charge in [0.15, 0.2) is 0 Å². The number of hydrogen-bond donors (Lipinski definition) is 3. The number of rotatable bonds is 5. The Labute approximate surface area is 155 Å². The quantitative estimate of drug-likeness (QED) is 0.693. The van der Waals surface area contributed by atoms with Crippen molar-refractivity contribution in [2.75, 3.05) is 18.8 Å². The fourth-order valence-corrected chi connectivity index (χ4v) is 6.11. The summed E-state index contributed by atoms with van der Waals surface area (Å²) in [4.78, 5) is 0. The second kappa shape index (κ2) is 8.87. The van der Waals surface area contributed by atoms with Crippen molar-refractivity contribution < 1.29 is 9.13 Å². The minimum atomic E-state index is -0.575. The van der Waals surface area contributed by atoms with Crippen molar-refractivity contribution in [3.05, 3.63) is 0 Å². The molecule has 3 N–H and O–H groups in total. The molecule has 2 saturated carbocycles. The first-order chi connectivity index (χ1) is 12.3. The van der Waals surface area contributed by atoms with Gasteiger partial charge in [0.05, 0.1) is 6.10 Å². The lowest BCUT2D eigenvalue weighted by Gasteiger charge is -2.28. The number of halogens is 1. The van der Waals surface area contributed by atoms with Crippen LogP contribution in [0.1, 0.15) is 57.8 Å². The van der Waals surface area contributed by atoms with Crippen molar-refractivity contribution in [1.82, 2.24) is 16.0 Å². The summed E-state index contributed by atoms with van der Waals surface area (Å²) in [6, 6.07) is 0.652. The molecular formula is C19H34FN3OS. The Morgan fingerprint density at radius 3 is 2.48 bits per heavy atom. The first kappa shape index (κ1) is 18.5. The average molecular weight is 372 g/mol. The van der Waals surface area contributed by atoms with E-state index in [9.17, 15) is 4.39 Å². The third kappa shape index (κ3) is 4.89. The smallest absolute Gasteiger partial charge is 0.117 e. The van der Waals surface area contributed by atoms with Gasteiger partial charge < -0.3 is 4.74 Å². The van der Waals surface area contributed by atoms with Gasteiger partial charge in [-0.3, -0.25) is 16.0 Å². The maximum atomic E-state index is 13.3. The zero-order chi connectivity index (χ0) is 17.1. The predicted octanol–water partition coefficient (Wildman–Crippen LogP) is 2.99. The number of ether oxygens (including phenoxy) is 1. The van der Waals surface area contributed by atoms with Gasteiger partial charge in [-0.2, -0.15) is 0 Å². The normalized spacial score (nSPS) is 43.6. The van der Waals surface area contributed by atoms with E-state index in [0.717, 1.165) is 50.4 Å². The lowest BCUT2D eigenvalue weighted by Crippen LogP contribution is -2.37. The second-order valence-electron chi connectivity index (χ2n) is 8.38. The van der Waals surface area contributed by atoms with Gasteiger partial charge in [0.1, 0.15) is 17.9 Å². The Morgan fingerprint density at radius 2 is 1.68 bits per heavy atom. The molecule has 2 aliphatic carbocycles. The van der Waals surface area contributed by atoms with E-state index in [1.807, 2.05) is 11.8 Å². The highest BCUT2D eigenvalue weighted by Gasteiger charge is 2.35. The SMILES string of the molecule is FC1CCC(C2CNC(CSC3NCC(C4CCCCC4)N3)O2)CC1. The van der Waals surface area contributed by atoms with E-state index in [1.54, 1.807) is 0 Å². The standard InChI is InChI=1S/C19H34FN3OS/c20-15-8-6-14(7-9-15)17-11-21-18(24-17)12-25-19-22-10-16(23-19)13-4-2-1-3-5-13/h13-19,21-23H,1-12H2. The summed E-state index contributed by atoms with van der Waals surface area (Å²) in [5, 5.41) is 10.9. The van der Waals surface area contributed by atoms with Gasteiger partial charge in [0.25, 0.3) is 0 Å². The minimum absolute atomic E-state index is 0.149. The van der Waals surface area contributed by atoms with E-state index < -0.39 is 6.17 Å². The van der Waals surface area contributed by atoms with Crippen LogP contribution in [0.5, 0.6) is 0 Å². The summed E-state index contributed by atoms with van der Waals surface area (Å²) in [5.41, 5.74) is 0.360. The van der Waals surface area contributed by atoms with E-state index >= 15 is 0 Å². The number of alkyl halides is 1. The van der Waals surface area contributed by atoms with Crippen LogP contribution in [0.4, 0.5) is 4.39 Å². The Bertz CT molecular complexity index is 415. The van der Waals surface area contributed by atoms with Crippen LogP contribution in [0.2, 0.25) is 0 Å². The van der Waals surface area contributed by atoms with Crippen molar-refractivity contribution in [1.29, 1.82) is 0 Å². The van der Waals surface area contributed by atoms with Gasteiger partial charge in [-0.05, 0) is 50.4 Å². The summed E-state index contributed by atoms with van der Waals surface area (Å²) in [6.45, 7) is 2.04. The lowest BCUT2D eigenvalue weighted by molar-refractivity contribution is 0.00427. The van der Waals surface area contributed by atoms with Crippen LogP contribution in [0.3, 0.4) is 0 Å². The van der Waals surface area contributed by atoms with E-state index in [4.69, 9.17) is 4.74 Å². The second-order valence-corrected chi connectivity index (χ2v) is 9.51. The van der Waals surface area contributed by atoms with Gasteiger partial charge in [0, 0.05) is 24.9 Å². The molecule has 0 aromatic heterocycles. The molecule has 4 aliphatic rings. The highest BCUT2D eigenvalue weighted by atomic mass is 32.2. The van der Waals surface area contributed by atoms with Crippen LogP contribution >= 0.6 is 11.8 Å². The highest BCUT2D eigenvalue weighted by Crippen LogP contribution is 2.32. The van der Waals surface area contributed by atoms with Crippen LogP contribution in [0.15, 0.2) is 0 Å². The molecule has 2 aliphatic heterocycles. The first-order valence-electron chi connectivity index (χ1n) is 10.4. The van der Waals surface area contributed by atoms with Crippen LogP contribution in [-0.4, -0.2) is 48.9 Å². The third-order valence-electron chi connectivity index (χ3n) is 6.63. The molecule has 0 spiro atoms. The molecule has 4 rings (SSSR count). The van der Waals surface area contributed by atoms with Crippen LogP contribution in [-0.2, 0) is 4.74 Å². The van der Waals surface area contributed by atoms with E-state index in [-0.39, 0.29) is 12.3 Å². The fraction of sp³-hybridized carbons (Fsp3) is 1.00. The Morgan fingerprint density at radius 1 is 0.880 bits per heavy atom. The number of hydrogen-bond acceptors (Lipinski definition) is 5. The predicted molar refractivity (Wildman–Crippen MR) is 101 cm³/mol. The van der Waals surface area contributed by atoms with Crippen molar-refractivity contribution in [3.8, 4) is 0 Å².